The van der Waals surface area contributed by atoms with Crippen LogP contribution in [0, 0.1) is 5.41 Å². The highest BCUT2D eigenvalue weighted by Gasteiger charge is 2.44. The molecule has 1 unspecified atom stereocenters. The summed E-state index contributed by atoms with van der Waals surface area (Å²) in [6.07, 6.45) is 5.69. The van der Waals surface area contributed by atoms with Crippen molar-refractivity contribution < 1.29 is 9.63 Å². The maximum Gasteiger partial charge on any atom is 0.233 e. The molecule has 0 spiro atoms. The molecule has 1 aliphatic rings. The number of carbonyl (C=O) groups excluding carboxylic acids is 1. The van der Waals surface area contributed by atoms with E-state index in [1.807, 2.05) is 37.3 Å². The number of nitrogens with zero attached hydrogens (tertiary/aromatic N) is 2. The molecule has 5 nitrogen and oxygen atoms in total. The molecule has 1 fully saturated rings. The van der Waals surface area contributed by atoms with Crippen molar-refractivity contribution in [2.75, 3.05) is 11.9 Å². The number of piperidine rings is 1. The molecule has 3 heterocycles. The Kier molecular flexibility index (Phi) is 6.63. The summed E-state index contributed by atoms with van der Waals surface area (Å²) in [5, 5.41) is 10.5. The summed E-state index contributed by atoms with van der Waals surface area (Å²) in [5.41, 5.74) is 1.76. The quantitative estimate of drug-likeness (QED) is 0.435. The van der Waals surface area contributed by atoms with E-state index in [0.29, 0.717) is 13.0 Å². The zero-order valence-corrected chi connectivity index (χ0v) is 21.2. The van der Waals surface area contributed by atoms with Crippen molar-refractivity contribution >= 4 is 33.8 Å². The number of fused-ring (bicyclic) bond motifs is 1. The molecule has 1 aromatic carbocycles. The Bertz CT molecular complexity index is 1090. The molecule has 1 N–H and O–H groups in total. The fourth-order valence-corrected chi connectivity index (χ4v) is 5.72. The second-order valence-electron chi connectivity index (χ2n) is 10.8. The highest BCUT2D eigenvalue weighted by molar-refractivity contribution is 7.07. The number of aromatic nitrogens is 1. The Morgan fingerprint density at radius 2 is 1.88 bits per heavy atom. The van der Waals surface area contributed by atoms with Crippen LogP contribution in [0.15, 0.2) is 53.4 Å². The van der Waals surface area contributed by atoms with E-state index in [1.165, 1.54) is 6.42 Å². The van der Waals surface area contributed by atoms with Crippen LogP contribution in [0.25, 0.3) is 10.9 Å². The van der Waals surface area contributed by atoms with Crippen molar-refractivity contribution in [2.24, 2.45) is 5.41 Å². The van der Waals surface area contributed by atoms with E-state index < -0.39 is 5.41 Å². The standard InChI is InChI=1S/C27H35N3O2S/c1-25(2)13-8-14-26(3,4)30(25)32-19-27(5,17-20-12-16-33-18-20)24(31)29-22-11-6-9-21-10-7-15-28-23(21)22/h6-7,9-12,15-16,18H,8,13-14,17,19H2,1-5H3,(H,29,31). The van der Waals surface area contributed by atoms with Crippen molar-refractivity contribution in [2.45, 2.75) is 71.4 Å². The van der Waals surface area contributed by atoms with E-state index in [9.17, 15) is 4.79 Å². The van der Waals surface area contributed by atoms with Gasteiger partial charge in [-0.05, 0) is 94.8 Å². The van der Waals surface area contributed by atoms with E-state index in [4.69, 9.17) is 4.84 Å². The molecule has 0 aliphatic carbocycles. The third-order valence-corrected chi connectivity index (χ3v) is 7.52. The number of hydroxylamine groups is 2. The van der Waals surface area contributed by atoms with Crippen LogP contribution in [0.4, 0.5) is 5.69 Å². The first-order valence-electron chi connectivity index (χ1n) is 11.7. The minimum absolute atomic E-state index is 0.0560. The smallest absolute Gasteiger partial charge is 0.233 e. The number of benzene rings is 1. The Balaban J connectivity index is 1.60. The minimum Gasteiger partial charge on any atom is -0.324 e. The molecule has 1 saturated heterocycles. The Morgan fingerprint density at radius 3 is 2.58 bits per heavy atom. The molecular formula is C27H35N3O2S. The predicted octanol–water partition coefficient (Wildman–Crippen LogP) is 6.46. The first-order valence-corrected chi connectivity index (χ1v) is 12.6. The number of hydrogen-bond acceptors (Lipinski definition) is 5. The number of hydrogen-bond donors (Lipinski definition) is 1. The molecule has 33 heavy (non-hydrogen) atoms. The van der Waals surface area contributed by atoms with Gasteiger partial charge in [-0.25, -0.2) is 0 Å². The SMILES string of the molecule is CC(CON1C(C)(C)CCCC1(C)C)(Cc1ccsc1)C(=O)Nc1cccc2cccnc12. The fourth-order valence-electron chi connectivity index (χ4n) is 5.05. The normalized spacial score (nSPS) is 19.8. The van der Waals surface area contributed by atoms with Crippen molar-refractivity contribution in [3.05, 3.63) is 58.9 Å². The molecular weight excluding hydrogens is 430 g/mol. The maximum absolute atomic E-state index is 13.8. The van der Waals surface area contributed by atoms with Crippen LogP contribution in [0.3, 0.4) is 0 Å². The summed E-state index contributed by atoms with van der Waals surface area (Å²) in [7, 11) is 0. The van der Waals surface area contributed by atoms with E-state index in [0.717, 1.165) is 35.0 Å². The van der Waals surface area contributed by atoms with Gasteiger partial charge in [0.05, 0.1) is 23.2 Å². The summed E-state index contributed by atoms with van der Waals surface area (Å²) < 4.78 is 0. The Labute approximate surface area is 201 Å². The van der Waals surface area contributed by atoms with Gasteiger partial charge in [0.1, 0.15) is 0 Å². The second kappa shape index (κ2) is 9.16. The molecule has 6 heteroatoms. The Morgan fingerprint density at radius 1 is 1.15 bits per heavy atom. The molecule has 3 aromatic rings. The lowest BCUT2D eigenvalue weighted by Crippen LogP contribution is -2.59. The largest absolute Gasteiger partial charge is 0.324 e. The van der Waals surface area contributed by atoms with Gasteiger partial charge >= 0.3 is 0 Å². The van der Waals surface area contributed by atoms with E-state index in [1.54, 1.807) is 17.5 Å². The highest BCUT2D eigenvalue weighted by Crippen LogP contribution is 2.39. The summed E-state index contributed by atoms with van der Waals surface area (Å²) in [5.74, 6) is -0.0560. The lowest BCUT2D eigenvalue weighted by molar-refractivity contribution is -0.290. The van der Waals surface area contributed by atoms with Crippen LogP contribution in [0.1, 0.15) is 59.4 Å². The third kappa shape index (κ3) is 5.13. The summed E-state index contributed by atoms with van der Waals surface area (Å²) in [4.78, 5) is 24.8. The molecule has 0 bridgehead atoms. The molecule has 1 amide bonds. The summed E-state index contributed by atoms with van der Waals surface area (Å²) in [6, 6.07) is 11.9. The highest BCUT2D eigenvalue weighted by atomic mass is 32.1. The zero-order chi connectivity index (χ0) is 23.7. The average Bonchev–Trinajstić information content (AvgIpc) is 3.25. The predicted molar refractivity (Wildman–Crippen MR) is 136 cm³/mol. The van der Waals surface area contributed by atoms with Gasteiger partial charge in [-0.3, -0.25) is 14.6 Å². The van der Waals surface area contributed by atoms with Gasteiger partial charge in [0, 0.05) is 22.7 Å². The number of nitrogens with one attached hydrogen (secondary N) is 1. The molecule has 176 valence electrons. The number of carbonyl (C=O) groups is 1. The zero-order valence-electron chi connectivity index (χ0n) is 20.4. The average molecular weight is 466 g/mol. The minimum atomic E-state index is -0.748. The van der Waals surface area contributed by atoms with Crippen LogP contribution in [-0.2, 0) is 16.1 Å². The van der Waals surface area contributed by atoms with Gasteiger partial charge in [-0.1, -0.05) is 18.2 Å². The van der Waals surface area contributed by atoms with E-state index >= 15 is 0 Å². The van der Waals surface area contributed by atoms with Crippen molar-refractivity contribution in [1.82, 2.24) is 10.0 Å². The van der Waals surface area contributed by atoms with Crippen LogP contribution in [-0.4, -0.2) is 33.6 Å². The van der Waals surface area contributed by atoms with Gasteiger partial charge in [-0.2, -0.15) is 16.4 Å². The topological polar surface area (TPSA) is 54.5 Å². The Hall–Kier alpha value is -2.28. The molecule has 1 aliphatic heterocycles. The summed E-state index contributed by atoms with van der Waals surface area (Å²) in [6.45, 7) is 11.2. The number of pyridine rings is 1. The van der Waals surface area contributed by atoms with Crippen LogP contribution < -0.4 is 5.32 Å². The lowest BCUT2D eigenvalue weighted by atomic mass is 9.81. The number of anilines is 1. The van der Waals surface area contributed by atoms with Gasteiger partial charge in [0.2, 0.25) is 5.91 Å². The summed E-state index contributed by atoms with van der Waals surface area (Å²) >= 11 is 1.65. The van der Waals surface area contributed by atoms with E-state index in [2.05, 4.69) is 59.9 Å². The maximum atomic E-state index is 13.8. The van der Waals surface area contributed by atoms with Gasteiger partial charge in [-0.15, -0.1) is 0 Å². The molecule has 0 radical (unpaired) electrons. The number of amides is 1. The second-order valence-corrected chi connectivity index (χ2v) is 11.5. The number of para-hydroxylation sites is 1. The molecule has 4 rings (SSSR count). The first-order chi connectivity index (χ1) is 15.6. The molecule has 2 aromatic heterocycles. The third-order valence-electron chi connectivity index (χ3n) is 6.79. The first kappa shape index (κ1) is 23.9. The van der Waals surface area contributed by atoms with E-state index in [-0.39, 0.29) is 17.0 Å². The van der Waals surface area contributed by atoms with Crippen LogP contribution in [0.5, 0.6) is 0 Å². The lowest BCUT2D eigenvalue weighted by Gasteiger charge is -2.52. The molecule has 0 saturated carbocycles. The van der Waals surface area contributed by atoms with Gasteiger partial charge in [0.25, 0.3) is 0 Å². The fraction of sp³-hybridized carbons (Fsp3) is 0.481. The van der Waals surface area contributed by atoms with Crippen LogP contribution >= 0.6 is 11.3 Å². The number of thiophene rings is 1. The van der Waals surface area contributed by atoms with Crippen molar-refractivity contribution in [1.29, 1.82) is 0 Å². The van der Waals surface area contributed by atoms with Crippen molar-refractivity contribution in [3.63, 3.8) is 0 Å². The molecule has 1 atom stereocenters. The van der Waals surface area contributed by atoms with Crippen LogP contribution in [0.2, 0.25) is 0 Å². The number of rotatable bonds is 7. The van der Waals surface area contributed by atoms with Gasteiger partial charge in [0.15, 0.2) is 0 Å². The monoisotopic (exact) mass is 465 g/mol. The van der Waals surface area contributed by atoms with Crippen molar-refractivity contribution in [3.8, 4) is 0 Å². The van der Waals surface area contributed by atoms with Gasteiger partial charge < -0.3 is 5.32 Å².